The third kappa shape index (κ3) is 6.07. The van der Waals surface area contributed by atoms with E-state index in [-0.39, 0.29) is 24.2 Å². The standard InChI is InChI=1S/C20H26N2O2.ClH/c1-3-16-9-7-8-12-18(16)24-19(17-10-5-4-6-11-17)20(23)22-14-15(2)13-21;/h4-12,15,19H,3,13-14,21H2,1-2H3,(H,22,23);1H. The molecule has 4 nitrogen and oxygen atoms in total. The summed E-state index contributed by atoms with van der Waals surface area (Å²) in [6.07, 6.45) is 0.174. The molecule has 0 bridgehead atoms. The zero-order valence-electron chi connectivity index (χ0n) is 14.8. The Morgan fingerprint density at radius 3 is 2.40 bits per heavy atom. The lowest BCUT2D eigenvalue weighted by Crippen LogP contribution is -2.36. The van der Waals surface area contributed by atoms with Gasteiger partial charge in [-0.3, -0.25) is 4.79 Å². The molecule has 0 saturated heterocycles. The molecular weight excluding hydrogens is 336 g/mol. The topological polar surface area (TPSA) is 64.3 Å². The van der Waals surface area contributed by atoms with Crippen LogP contribution in [0.2, 0.25) is 0 Å². The van der Waals surface area contributed by atoms with Crippen LogP contribution in [-0.2, 0) is 11.2 Å². The highest BCUT2D eigenvalue weighted by Crippen LogP contribution is 2.26. The number of carbonyl (C=O) groups is 1. The molecule has 5 heteroatoms. The quantitative estimate of drug-likeness (QED) is 0.755. The molecule has 2 aromatic carbocycles. The van der Waals surface area contributed by atoms with E-state index in [4.69, 9.17) is 10.5 Å². The Labute approximate surface area is 156 Å². The molecule has 25 heavy (non-hydrogen) atoms. The number of rotatable bonds is 8. The predicted molar refractivity (Wildman–Crippen MR) is 104 cm³/mol. The van der Waals surface area contributed by atoms with Gasteiger partial charge in [0.15, 0.2) is 0 Å². The van der Waals surface area contributed by atoms with E-state index in [9.17, 15) is 4.79 Å². The summed E-state index contributed by atoms with van der Waals surface area (Å²) in [6, 6.07) is 17.4. The van der Waals surface area contributed by atoms with E-state index in [0.717, 1.165) is 23.3 Å². The molecule has 0 aliphatic heterocycles. The van der Waals surface area contributed by atoms with Crippen LogP contribution < -0.4 is 15.8 Å². The van der Waals surface area contributed by atoms with Crippen molar-refractivity contribution in [3.8, 4) is 5.75 Å². The first-order valence-electron chi connectivity index (χ1n) is 8.43. The number of carbonyl (C=O) groups excluding carboxylic acids is 1. The van der Waals surface area contributed by atoms with Crippen molar-refractivity contribution in [2.45, 2.75) is 26.4 Å². The Kier molecular flexibility index (Phi) is 9.03. The lowest BCUT2D eigenvalue weighted by atomic mass is 10.1. The molecule has 2 unspecified atom stereocenters. The smallest absolute Gasteiger partial charge is 0.265 e. The number of benzene rings is 2. The van der Waals surface area contributed by atoms with Crippen LogP contribution in [0.15, 0.2) is 54.6 Å². The molecule has 0 fully saturated rings. The minimum atomic E-state index is -0.677. The van der Waals surface area contributed by atoms with E-state index in [1.165, 1.54) is 0 Å². The van der Waals surface area contributed by atoms with Crippen molar-refractivity contribution in [3.05, 3.63) is 65.7 Å². The first kappa shape index (κ1) is 21.0. The van der Waals surface area contributed by atoms with Gasteiger partial charge in [0.05, 0.1) is 0 Å². The fourth-order valence-electron chi connectivity index (χ4n) is 2.39. The molecule has 3 N–H and O–H groups in total. The first-order valence-corrected chi connectivity index (χ1v) is 8.43. The van der Waals surface area contributed by atoms with Gasteiger partial charge in [0.2, 0.25) is 6.10 Å². The van der Waals surface area contributed by atoms with Gasteiger partial charge in [-0.2, -0.15) is 0 Å². The maximum absolute atomic E-state index is 12.7. The Morgan fingerprint density at radius 1 is 1.12 bits per heavy atom. The van der Waals surface area contributed by atoms with E-state index in [1.54, 1.807) is 0 Å². The molecule has 2 rings (SSSR count). The fourth-order valence-corrected chi connectivity index (χ4v) is 2.39. The molecule has 0 spiro atoms. The van der Waals surface area contributed by atoms with Crippen molar-refractivity contribution in [2.75, 3.05) is 13.1 Å². The number of aryl methyl sites for hydroxylation is 1. The van der Waals surface area contributed by atoms with E-state index in [0.29, 0.717) is 13.1 Å². The molecule has 0 saturated carbocycles. The minimum Gasteiger partial charge on any atom is -0.476 e. The lowest BCUT2D eigenvalue weighted by Gasteiger charge is -2.21. The van der Waals surface area contributed by atoms with Gasteiger partial charge in [0.25, 0.3) is 5.91 Å². The summed E-state index contributed by atoms with van der Waals surface area (Å²) in [6.45, 7) is 5.15. The maximum Gasteiger partial charge on any atom is 0.265 e. The van der Waals surface area contributed by atoms with Crippen molar-refractivity contribution in [2.24, 2.45) is 11.7 Å². The summed E-state index contributed by atoms with van der Waals surface area (Å²) in [5, 5.41) is 2.95. The highest BCUT2D eigenvalue weighted by atomic mass is 35.5. The first-order chi connectivity index (χ1) is 11.7. The number of amides is 1. The van der Waals surface area contributed by atoms with Gasteiger partial charge in [-0.05, 0) is 30.5 Å². The number of para-hydroxylation sites is 1. The second-order valence-corrected chi connectivity index (χ2v) is 5.96. The second-order valence-electron chi connectivity index (χ2n) is 5.96. The van der Waals surface area contributed by atoms with Crippen molar-refractivity contribution in [3.63, 3.8) is 0 Å². The van der Waals surface area contributed by atoms with Crippen LogP contribution in [0.5, 0.6) is 5.75 Å². The summed E-state index contributed by atoms with van der Waals surface area (Å²) in [5.74, 6) is 0.830. The monoisotopic (exact) mass is 362 g/mol. The van der Waals surface area contributed by atoms with E-state index >= 15 is 0 Å². The Morgan fingerprint density at radius 2 is 1.76 bits per heavy atom. The van der Waals surface area contributed by atoms with Crippen molar-refractivity contribution in [1.29, 1.82) is 0 Å². The molecule has 1 amide bonds. The second kappa shape index (κ2) is 10.7. The number of nitrogens with two attached hydrogens (primary N) is 1. The van der Waals surface area contributed by atoms with Crippen LogP contribution in [0.25, 0.3) is 0 Å². The number of nitrogens with one attached hydrogen (secondary N) is 1. The molecule has 136 valence electrons. The van der Waals surface area contributed by atoms with Crippen LogP contribution in [0.4, 0.5) is 0 Å². The molecule has 2 atom stereocenters. The van der Waals surface area contributed by atoms with E-state index in [2.05, 4.69) is 12.2 Å². The zero-order chi connectivity index (χ0) is 17.4. The van der Waals surface area contributed by atoms with Crippen molar-refractivity contribution < 1.29 is 9.53 Å². The van der Waals surface area contributed by atoms with Gasteiger partial charge >= 0.3 is 0 Å². The van der Waals surface area contributed by atoms with Crippen molar-refractivity contribution >= 4 is 18.3 Å². The maximum atomic E-state index is 12.7. The number of hydrogen-bond donors (Lipinski definition) is 2. The average Bonchev–Trinajstić information content (AvgIpc) is 2.64. The summed E-state index contributed by atoms with van der Waals surface area (Å²) >= 11 is 0. The molecule has 2 aromatic rings. The Hall–Kier alpha value is -2.04. The lowest BCUT2D eigenvalue weighted by molar-refractivity contribution is -0.128. The molecule has 0 aliphatic rings. The van der Waals surface area contributed by atoms with Crippen molar-refractivity contribution in [1.82, 2.24) is 5.32 Å². The SMILES string of the molecule is CCc1ccccc1OC(C(=O)NCC(C)CN)c1ccccc1.Cl. The fraction of sp³-hybridized carbons (Fsp3) is 0.350. The van der Waals surface area contributed by atoms with Gasteiger partial charge in [-0.25, -0.2) is 0 Å². The van der Waals surface area contributed by atoms with Crippen LogP contribution in [0.1, 0.15) is 31.1 Å². The van der Waals surface area contributed by atoms with E-state index in [1.807, 2.05) is 61.5 Å². The zero-order valence-corrected chi connectivity index (χ0v) is 15.6. The molecule has 0 radical (unpaired) electrons. The van der Waals surface area contributed by atoms with Crippen LogP contribution in [0.3, 0.4) is 0 Å². The van der Waals surface area contributed by atoms with Crippen LogP contribution >= 0.6 is 12.4 Å². The summed E-state index contributed by atoms with van der Waals surface area (Å²) in [5.41, 5.74) is 7.54. The molecular formula is C20H27ClN2O2. The predicted octanol–water partition coefficient (Wildman–Crippen LogP) is 3.50. The summed E-state index contributed by atoms with van der Waals surface area (Å²) in [7, 11) is 0. The van der Waals surface area contributed by atoms with Gasteiger partial charge in [-0.15, -0.1) is 12.4 Å². The van der Waals surface area contributed by atoms with Gasteiger partial charge in [0, 0.05) is 12.1 Å². The van der Waals surface area contributed by atoms with Crippen LogP contribution in [-0.4, -0.2) is 19.0 Å². The number of hydrogen-bond acceptors (Lipinski definition) is 3. The number of halogens is 1. The Balaban J connectivity index is 0.00000312. The van der Waals surface area contributed by atoms with Gasteiger partial charge in [-0.1, -0.05) is 62.4 Å². The molecule has 0 aliphatic carbocycles. The third-order valence-electron chi connectivity index (χ3n) is 3.97. The highest BCUT2D eigenvalue weighted by Gasteiger charge is 2.23. The van der Waals surface area contributed by atoms with E-state index < -0.39 is 6.10 Å². The van der Waals surface area contributed by atoms with Gasteiger partial charge in [0.1, 0.15) is 5.75 Å². The summed E-state index contributed by atoms with van der Waals surface area (Å²) in [4.78, 5) is 12.7. The Bertz CT molecular complexity index is 649. The van der Waals surface area contributed by atoms with Gasteiger partial charge < -0.3 is 15.8 Å². The molecule has 0 aromatic heterocycles. The third-order valence-corrected chi connectivity index (χ3v) is 3.97. The number of ether oxygens (including phenoxy) is 1. The largest absolute Gasteiger partial charge is 0.476 e. The molecule has 0 heterocycles. The minimum absolute atomic E-state index is 0. The average molecular weight is 363 g/mol. The normalized spacial score (nSPS) is 12.6. The highest BCUT2D eigenvalue weighted by molar-refractivity contribution is 5.85. The van der Waals surface area contributed by atoms with Crippen LogP contribution in [0, 0.1) is 5.92 Å². The summed E-state index contributed by atoms with van der Waals surface area (Å²) < 4.78 is 6.11.